The maximum Gasteiger partial charge on any atom is 0.320 e. The van der Waals surface area contributed by atoms with Crippen LogP contribution >= 0.6 is 0 Å². The number of carboxylic acid groups (broad SMARTS) is 1. The molecule has 0 atom stereocenters. The summed E-state index contributed by atoms with van der Waals surface area (Å²) in [6.45, 7) is 9.61. The Bertz CT molecular complexity index is 384. The predicted octanol–water partition coefficient (Wildman–Crippen LogP) is 1.32. The van der Waals surface area contributed by atoms with Crippen LogP contribution in [-0.4, -0.2) is 77.6 Å². The van der Waals surface area contributed by atoms with E-state index in [1.807, 2.05) is 9.80 Å². The fourth-order valence-electron chi connectivity index (χ4n) is 3.08. The molecule has 0 aromatic heterocycles. The second-order valence-corrected chi connectivity index (χ2v) is 6.46. The van der Waals surface area contributed by atoms with E-state index in [1.54, 1.807) is 6.92 Å². The van der Waals surface area contributed by atoms with Gasteiger partial charge in [0.05, 0.1) is 5.41 Å². The number of carbonyl (C=O) groups excluding carboxylic acids is 1. The molecule has 2 amide bonds. The number of carbonyl (C=O) groups is 2. The Hall–Kier alpha value is -1.30. The van der Waals surface area contributed by atoms with E-state index in [0.717, 1.165) is 39.1 Å². The molecule has 0 aliphatic carbocycles. The van der Waals surface area contributed by atoms with Crippen molar-refractivity contribution in [2.24, 2.45) is 5.41 Å². The standard InChI is InChI=1S/C15H27N3O3/c1-3-6-16-9-11-18(12-10-16)14(21)17-7-4-15(2,5-8-17)13(19)20/h3-12H2,1-2H3,(H,19,20). The summed E-state index contributed by atoms with van der Waals surface area (Å²) in [5.74, 6) is -0.747. The molecule has 0 unspecified atom stereocenters. The second-order valence-electron chi connectivity index (χ2n) is 6.46. The van der Waals surface area contributed by atoms with Crippen molar-refractivity contribution in [3.8, 4) is 0 Å². The summed E-state index contributed by atoms with van der Waals surface area (Å²) < 4.78 is 0. The van der Waals surface area contributed by atoms with E-state index >= 15 is 0 Å². The summed E-state index contributed by atoms with van der Waals surface area (Å²) in [6, 6.07) is 0.0820. The number of hydrogen-bond donors (Lipinski definition) is 1. The molecule has 0 radical (unpaired) electrons. The number of likely N-dealkylation sites (tertiary alicyclic amines) is 1. The van der Waals surface area contributed by atoms with Gasteiger partial charge in [-0.1, -0.05) is 6.92 Å². The molecule has 1 N–H and O–H groups in total. The molecule has 2 heterocycles. The minimum absolute atomic E-state index is 0.0820. The van der Waals surface area contributed by atoms with Crippen molar-refractivity contribution in [1.82, 2.24) is 14.7 Å². The first-order valence-corrected chi connectivity index (χ1v) is 7.96. The van der Waals surface area contributed by atoms with Gasteiger partial charge in [0, 0.05) is 39.3 Å². The zero-order chi connectivity index (χ0) is 15.5. The first-order chi connectivity index (χ1) is 9.96. The first kappa shape index (κ1) is 16.1. The van der Waals surface area contributed by atoms with E-state index in [9.17, 15) is 14.7 Å². The van der Waals surface area contributed by atoms with E-state index in [1.165, 1.54) is 0 Å². The second kappa shape index (κ2) is 6.64. The molecule has 0 saturated carbocycles. The molecule has 6 heteroatoms. The molecule has 2 rings (SSSR count). The lowest BCUT2D eigenvalue weighted by Crippen LogP contribution is -2.55. The van der Waals surface area contributed by atoms with Crippen LogP contribution in [0.2, 0.25) is 0 Å². The van der Waals surface area contributed by atoms with Gasteiger partial charge in [-0.25, -0.2) is 4.79 Å². The number of amides is 2. The van der Waals surface area contributed by atoms with Gasteiger partial charge in [-0.3, -0.25) is 9.69 Å². The van der Waals surface area contributed by atoms with E-state index in [0.29, 0.717) is 25.9 Å². The number of urea groups is 1. The van der Waals surface area contributed by atoms with Crippen LogP contribution < -0.4 is 0 Å². The van der Waals surface area contributed by atoms with Gasteiger partial charge >= 0.3 is 12.0 Å². The van der Waals surface area contributed by atoms with Gasteiger partial charge in [0.1, 0.15) is 0 Å². The minimum atomic E-state index is -0.747. The Morgan fingerprint density at radius 1 is 1.00 bits per heavy atom. The third-order valence-electron chi connectivity index (χ3n) is 4.84. The number of carboxylic acids is 1. The molecule has 6 nitrogen and oxygen atoms in total. The SMILES string of the molecule is CCCN1CCN(C(=O)N2CCC(C)(C(=O)O)CC2)CC1. The fraction of sp³-hybridized carbons (Fsp3) is 0.867. The molecule has 2 aliphatic rings. The Morgan fingerprint density at radius 2 is 1.52 bits per heavy atom. The normalized spacial score (nSPS) is 23.1. The maximum atomic E-state index is 12.5. The van der Waals surface area contributed by atoms with Crippen molar-refractivity contribution in [2.75, 3.05) is 45.8 Å². The van der Waals surface area contributed by atoms with Crippen molar-refractivity contribution < 1.29 is 14.7 Å². The average molecular weight is 297 g/mol. The highest BCUT2D eigenvalue weighted by Gasteiger charge is 2.39. The van der Waals surface area contributed by atoms with Gasteiger partial charge in [0.15, 0.2) is 0 Å². The van der Waals surface area contributed by atoms with Crippen LogP contribution in [0.1, 0.15) is 33.1 Å². The van der Waals surface area contributed by atoms with E-state index in [-0.39, 0.29) is 6.03 Å². The number of rotatable bonds is 3. The van der Waals surface area contributed by atoms with Crippen LogP contribution in [-0.2, 0) is 4.79 Å². The highest BCUT2D eigenvalue weighted by atomic mass is 16.4. The van der Waals surface area contributed by atoms with E-state index in [2.05, 4.69) is 11.8 Å². The predicted molar refractivity (Wildman–Crippen MR) is 80.2 cm³/mol. The van der Waals surface area contributed by atoms with Crippen molar-refractivity contribution >= 4 is 12.0 Å². The number of aliphatic carboxylic acids is 1. The average Bonchev–Trinajstić information content (AvgIpc) is 2.48. The Kier molecular flexibility index (Phi) is 5.08. The van der Waals surface area contributed by atoms with Crippen molar-refractivity contribution in [3.05, 3.63) is 0 Å². The highest BCUT2D eigenvalue weighted by molar-refractivity contribution is 5.77. The number of hydrogen-bond acceptors (Lipinski definition) is 3. The number of piperidine rings is 1. The molecular formula is C15H27N3O3. The van der Waals surface area contributed by atoms with E-state index in [4.69, 9.17) is 0 Å². The lowest BCUT2D eigenvalue weighted by atomic mass is 9.80. The molecule has 0 aromatic carbocycles. The van der Waals surface area contributed by atoms with Gasteiger partial charge in [0.25, 0.3) is 0 Å². The third kappa shape index (κ3) is 3.67. The van der Waals surface area contributed by atoms with Crippen LogP contribution in [0.5, 0.6) is 0 Å². The molecule has 0 spiro atoms. The van der Waals surface area contributed by atoms with Gasteiger partial charge in [-0.15, -0.1) is 0 Å². The zero-order valence-corrected chi connectivity index (χ0v) is 13.2. The molecule has 0 aromatic rings. The van der Waals surface area contributed by atoms with Gasteiger partial charge in [-0.05, 0) is 32.7 Å². The fourth-order valence-corrected chi connectivity index (χ4v) is 3.08. The van der Waals surface area contributed by atoms with Gasteiger partial charge < -0.3 is 14.9 Å². The molecule has 2 saturated heterocycles. The minimum Gasteiger partial charge on any atom is -0.481 e. The molecule has 120 valence electrons. The molecule has 2 fully saturated rings. The summed E-state index contributed by atoms with van der Waals surface area (Å²) in [6.07, 6.45) is 2.24. The first-order valence-electron chi connectivity index (χ1n) is 7.96. The van der Waals surface area contributed by atoms with Crippen molar-refractivity contribution in [3.63, 3.8) is 0 Å². The number of nitrogens with zero attached hydrogens (tertiary/aromatic N) is 3. The Morgan fingerprint density at radius 3 is 2.00 bits per heavy atom. The molecule has 2 aliphatic heterocycles. The zero-order valence-electron chi connectivity index (χ0n) is 13.2. The summed E-state index contributed by atoms with van der Waals surface area (Å²) in [7, 11) is 0. The number of piperazine rings is 1. The Balaban J connectivity index is 1.82. The topological polar surface area (TPSA) is 64.1 Å². The molecule has 0 bridgehead atoms. The summed E-state index contributed by atoms with van der Waals surface area (Å²) >= 11 is 0. The lowest BCUT2D eigenvalue weighted by molar-refractivity contribution is -0.150. The van der Waals surface area contributed by atoms with Crippen LogP contribution in [0.3, 0.4) is 0 Å². The van der Waals surface area contributed by atoms with E-state index < -0.39 is 11.4 Å². The summed E-state index contributed by atoms with van der Waals surface area (Å²) in [4.78, 5) is 29.8. The van der Waals surface area contributed by atoms with Crippen LogP contribution in [0.15, 0.2) is 0 Å². The summed E-state index contributed by atoms with van der Waals surface area (Å²) in [5, 5.41) is 9.23. The Labute approximate surface area is 126 Å². The van der Waals surface area contributed by atoms with Crippen LogP contribution in [0.25, 0.3) is 0 Å². The molecular weight excluding hydrogens is 270 g/mol. The monoisotopic (exact) mass is 297 g/mol. The smallest absolute Gasteiger partial charge is 0.320 e. The third-order valence-corrected chi connectivity index (χ3v) is 4.84. The maximum absolute atomic E-state index is 12.5. The van der Waals surface area contributed by atoms with Crippen LogP contribution in [0, 0.1) is 5.41 Å². The van der Waals surface area contributed by atoms with Crippen LogP contribution in [0.4, 0.5) is 4.79 Å². The van der Waals surface area contributed by atoms with Gasteiger partial charge in [0.2, 0.25) is 0 Å². The lowest BCUT2D eigenvalue weighted by Gasteiger charge is -2.41. The van der Waals surface area contributed by atoms with Crippen molar-refractivity contribution in [2.45, 2.75) is 33.1 Å². The highest BCUT2D eigenvalue weighted by Crippen LogP contribution is 2.31. The summed E-state index contributed by atoms with van der Waals surface area (Å²) in [5.41, 5.74) is -0.670. The quantitative estimate of drug-likeness (QED) is 0.853. The van der Waals surface area contributed by atoms with Gasteiger partial charge in [-0.2, -0.15) is 0 Å². The van der Waals surface area contributed by atoms with Crippen molar-refractivity contribution in [1.29, 1.82) is 0 Å². The largest absolute Gasteiger partial charge is 0.481 e. The molecule has 21 heavy (non-hydrogen) atoms.